The molecule has 0 saturated heterocycles. The van der Waals surface area contributed by atoms with Gasteiger partial charge in [0.2, 0.25) is 0 Å². The zero-order valence-electron chi connectivity index (χ0n) is 11.2. The second-order valence-electron chi connectivity index (χ2n) is 4.87. The summed E-state index contributed by atoms with van der Waals surface area (Å²) in [4.78, 5) is 0. The second-order valence-corrected chi connectivity index (χ2v) is 4.87. The molecule has 16 heavy (non-hydrogen) atoms. The molecule has 0 radical (unpaired) electrons. The fourth-order valence-corrected chi connectivity index (χ4v) is 1.87. The maximum Gasteiger partial charge on any atom is 0.0640 e. The van der Waals surface area contributed by atoms with Crippen molar-refractivity contribution < 1.29 is 0 Å². The van der Waals surface area contributed by atoms with E-state index in [1.54, 1.807) is 0 Å². The van der Waals surface area contributed by atoms with Crippen molar-refractivity contribution in [3.63, 3.8) is 0 Å². The normalized spacial score (nSPS) is 15.4. The van der Waals surface area contributed by atoms with Gasteiger partial charge in [-0.15, -0.1) is 0 Å². The lowest BCUT2D eigenvalue weighted by Crippen LogP contribution is -2.34. The van der Waals surface area contributed by atoms with Crippen LogP contribution in [0.4, 0.5) is 0 Å². The predicted octanol–water partition coefficient (Wildman–Crippen LogP) is 2.64. The molecule has 0 aliphatic rings. The van der Waals surface area contributed by atoms with E-state index in [-0.39, 0.29) is 0 Å². The summed E-state index contributed by atoms with van der Waals surface area (Å²) in [6.45, 7) is 8.84. The van der Waals surface area contributed by atoms with Crippen molar-refractivity contribution in [1.82, 2.24) is 15.1 Å². The summed E-state index contributed by atoms with van der Waals surface area (Å²) < 4.78 is 2.03. The monoisotopic (exact) mass is 223 g/mol. The van der Waals surface area contributed by atoms with E-state index in [1.165, 1.54) is 12.1 Å². The highest BCUT2D eigenvalue weighted by atomic mass is 15.3. The lowest BCUT2D eigenvalue weighted by Gasteiger charge is -2.21. The first-order valence-electron chi connectivity index (χ1n) is 6.29. The van der Waals surface area contributed by atoms with Gasteiger partial charge in [0.1, 0.15) is 0 Å². The largest absolute Gasteiger partial charge is 0.316 e. The molecule has 0 aromatic carbocycles. The number of aromatic nitrogens is 2. The van der Waals surface area contributed by atoms with Crippen LogP contribution in [0.3, 0.4) is 0 Å². The molecule has 0 fully saturated rings. The Bertz CT molecular complexity index is 304. The fraction of sp³-hybridized carbons (Fsp3) is 0.769. The van der Waals surface area contributed by atoms with E-state index in [2.05, 4.69) is 50.4 Å². The summed E-state index contributed by atoms with van der Waals surface area (Å²) in [5.41, 5.74) is 1.19. The molecule has 0 bridgehead atoms. The summed E-state index contributed by atoms with van der Waals surface area (Å²) in [6.07, 6.45) is 4.30. The number of nitrogens with one attached hydrogen (secondary N) is 1. The third kappa shape index (κ3) is 3.34. The third-order valence-electron chi connectivity index (χ3n) is 3.32. The van der Waals surface area contributed by atoms with Crippen LogP contribution < -0.4 is 5.32 Å². The smallest absolute Gasteiger partial charge is 0.0640 e. The van der Waals surface area contributed by atoms with Gasteiger partial charge in [0, 0.05) is 24.7 Å². The van der Waals surface area contributed by atoms with E-state index in [4.69, 9.17) is 0 Å². The molecule has 0 saturated carbocycles. The van der Waals surface area contributed by atoms with Crippen LogP contribution in [0.15, 0.2) is 12.3 Å². The van der Waals surface area contributed by atoms with Crippen molar-refractivity contribution in [1.29, 1.82) is 0 Å². The van der Waals surface area contributed by atoms with Crippen LogP contribution in [0.5, 0.6) is 0 Å². The van der Waals surface area contributed by atoms with Crippen LogP contribution in [0, 0.1) is 5.92 Å². The quantitative estimate of drug-likeness (QED) is 0.803. The van der Waals surface area contributed by atoms with Crippen LogP contribution in [-0.2, 0) is 6.42 Å². The lowest BCUT2D eigenvalue weighted by molar-refractivity contribution is 0.381. The molecule has 1 N–H and O–H groups in total. The van der Waals surface area contributed by atoms with Crippen molar-refractivity contribution in [2.45, 2.75) is 52.6 Å². The molecule has 1 aromatic rings. The van der Waals surface area contributed by atoms with Gasteiger partial charge in [-0.05, 0) is 32.9 Å². The number of likely N-dealkylation sites (N-methyl/N-ethyl adjacent to an activating group) is 1. The molecule has 0 aliphatic carbocycles. The Kier molecular flexibility index (Phi) is 5.00. The molecule has 2 atom stereocenters. The fourth-order valence-electron chi connectivity index (χ4n) is 1.87. The van der Waals surface area contributed by atoms with Crippen LogP contribution in [0.2, 0.25) is 0 Å². The first-order valence-corrected chi connectivity index (χ1v) is 6.29. The minimum absolute atomic E-state index is 0.449. The van der Waals surface area contributed by atoms with E-state index >= 15 is 0 Å². The molecule has 2 unspecified atom stereocenters. The Hall–Kier alpha value is -0.830. The Labute approximate surface area is 99.2 Å². The topological polar surface area (TPSA) is 29.9 Å². The summed E-state index contributed by atoms with van der Waals surface area (Å²) in [5.74, 6) is 0.689. The number of nitrogens with zero attached hydrogens (tertiary/aromatic N) is 2. The first-order chi connectivity index (χ1) is 7.58. The van der Waals surface area contributed by atoms with Crippen molar-refractivity contribution >= 4 is 0 Å². The highest BCUT2D eigenvalue weighted by Crippen LogP contribution is 2.13. The molecular weight excluding hydrogens is 198 g/mol. The SMILES string of the molecule is CCC(C)C(Cc1ccn(C(C)C)n1)NC. The molecule has 3 heteroatoms. The van der Waals surface area contributed by atoms with Crippen molar-refractivity contribution in [2.75, 3.05) is 7.05 Å². The summed E-state index contributed by atoms with van der Waals surface area (Å²) in [5, 5.41) is 7.98. The Morgan fingerprint density at radius 2 is 2.06 bits per heavy atom. The van der Waals surface area contributed by atoms with Crippen molar-refractivity contribution in [2.24, 2.45) is 5.92 Å². The van der Waals surface area contributed by atoms with Crippen molar-refractivity contribution in [3.05, 3.63) is 18.0 Å². The van der Waals surface area contributed by atoms with Gasteiger partial charge >= 0.3 is 0 Å². The van der Waals surface area contributed by atoms with Gasteiger partial charge in [-0.25, -0.2) is 0 Å². The number of hydrogen-bond donors (Lipinski definition) is 1. The predicted molar refractivity (Wildman–Crippen MR) is 68.6 cm³/mol. The van der Waals surface area contributed by atoms with E-state index in [1.807, 2.05) is 11.7 Å². The molecule has 1 heterocycles. The third-order valence-corrected chi connectivity index (χ3v) is 3.32. The molecule has 92 valence electrons. The maximum atomic E-state index is 4.59. The summed E-state index contributed by atoms with van der Waals surface area (Å²) >= 11 is 0. The Balaban J connectivity index is 2.63. The van der Waals surface area contributed by atoms with Crippen LogP contribution in [0.25, 0.3) is 0 Å². The molecule has 0 aliphatic heterocycles. The van der Waals surface area contributed by atoms with Crippen LogP contribution in [0.1, 0.15) is 45.9 Å². The summed E-state index contributed by atoms with van der Waals surface area (Å²) in [6, 6.07) is 3.11. The average molecular weight is 223 g/mol. The Morgan fingerprint density at radius 1 is 1.38 bits per heavy atom. The minimum Gasteiger partial charge on any atom is -0.316 e. The standard InChI is InChI=1S/C13H25N3/c1-6-11(4)13(14-5)9-12-7-8-16(15-12)10(2)3/h7-8,10-11,13-14H,6,9H2,1-5H3. The van der Waals surface area contributed by atoms with E-state index in [0.717, 1.165) is 6.42 Å². The summed E-state index contributed by atoms with van der Waals surface area (Å²) in [7, 11) is 2.04. The van der Waals surface area contributed by atoms with E-state index < -0.39 is 0 Å². The van der Waals surface area contributed by atoms with Crippen LogP contribution in [-0.4, -0.2) is 22.9 Å². The Morgan fingerprint density at radius 3 is 2.50 bits per heavy atom. The van der Waals surface area contributed by atoms with Gasteiger partial charge < -0.3 is 5.32 Å². The molecule has 3 nitrogen and oxygen atoms in total. The van der Waals surface area contributed by atoms with Crippen molar-refractivity contribution in [3.8, 4) is 0 Å². The molecular formula is C13H25N3. The van der Waals surface area contributed by atoms with Gasteiger partial charge in [-0.1, -0.05) is 20.3 Å². The van der Waals surface area contributed by atoms with Crippen LogP contribution >= 0.6 is 0 Å². The highest BCUT2D eigenvalue weighted by Gasteiger charge is 2.15. The van der Waals surface area contributed by atoms with Gasteiger partial charge in [-0.2, -0.15) is 5.10 Å². The second kappa shape index (κ2) is 6.04. The zero-order chi connectivity index (χ0) is 12.1. The molecule has 1 rings (SSSR count). The molecule has 1 aromatic heterocycles. The minimum atomic E-state index is 0.449. The zero-order valence-corrected chi connectivity index (χ0v) is 11.2. The van der Waals surface area contributed by atoms with Gasteiger partial charge in [0.25, 0.3) is 0 Å². The van der Waals surface area contributed by atoms with Gasteiger partial charge in [-0.3, -0.25) is 4.68 Å². The van der Waals surface area contributed by atoms with Gasteiger partial charge in [0.15, 0.2) is 0 Å². The van der Waals surface area contributed by atoms with E-state index in [0.29, 0.717) is 18.0 Å². The number of rotatable bonds is 6. The number of hydrogen-bond acceptors (Lipinski definition) is 2. The average Bonchev–Trinajstić information content (AvgIpc) is 2.73. The lowest BCUT2D eigenvalue weighted by atomic mass is 9.95. The molecule has 0 spiro atoms. The first kappa shape index (κ1) is 13.2. The van der Waals surface area contributed by atoms with Gasteiger partial charge in [0.05, 0.1) is 5.69 Å². The highest BCUT2D eigenvalue weighted by molar-refractivity contribution is 5.02. The van der Waals surface area contributed by atoms with E-state index in [9.17, 15) is 0 Å². The maximum absolute atomic E-state index is 4.59. The molecule has 0 amide bonds.